The molecule has 0 radical (unpaired) electrons. The number of nitrogens with one attached hydrogen (secondary N) is 1. The number of para-hydroxylation sites is 1. The van der Waals surface area contributed by atoms with Gasteiger partial charge in [-0.3, -0.25) is 4.79 Å². The monoisotopic (exact) mass is 204 g/mol. The van der Waals surface area contributed by atoms with E-state index < -0.39 is 0 Å². The Balaban J connectivity index is 2.06. The third-order valence-electron chi connectivity index (χ3n) is 2.94. The highest BCUT2D eigenvalue weighted by molar-refractivity contribution is 5.95. The number of anilines is 1. The first kappa shape index (κ1) is 10.2. The number of hydrogen-bond donors (Lipinski definition) is 2. The average Bonchev–Trinajstić information content (AvgIpc) is 2.96. The van der Waals surface area contributed by atoms with Gasteiger partial charge < -0.3 is 11.1 Å². The van der Waals surface area contributed by atoms with Gasteiger partial charge in [-0.25, -0.2) is 0 Å². The molecule has 3 heteroatoms. The zero-order valence-corrected chi connectivity index (χ0v) is 8.86. The third kappa shape index (κ3) is 2.18. The van der Waals surface area contributed by atoms with Crippen LogP contribution in [0.25, 0.3) is 0 Å². The molecule has 1 saturated carbocycles. The van der Waals surface area contributed by atoms with Crippen molar-refractivity contribution in [1.29, 1.82) is 0 Å². The fourth-order valence-corrected chi connectivity index (χ4v) is 1.73. The molecule has 0 aromatic heterocycles. The molecular formula is C12H16N2O. The quantitative estimate of drug-likeness (QED) is 0.788. The van der Waals surface area contributed by atoms with Crippen LogP contribution in [-0.2, 0) is 11.3 Å². The average molecular weight is 204 g/mol. The van der Waals surface area contributed by atoms with Crippen molar-refractivity contribution in [2.45, 2.75) is 19.9 Å². The van der Waals surface area contributed by atoms with Crippen LogP contribution < -0.4 is 11.1 Å². The zero-order valence-electron chi connectivity index (χ0n) is 8.86. The van der Waals surface area contributed by atoms with Gasteiger partial charge in [-0.1, -0.05) is 25.1 Å². The van der Waals surface area contributed by atoms with Crippen molar-refractivity contribution in [3.8, 4) is 0 Å². The lowest BCUT2D eigenvalue weighted by molar-refractivity contribution is -0.117. The Morgan fingerprint density at radius 1 is 1.53 bits per heavy atom. The van der Waals surface area contributed by atoms with E-state index in [0.717, 1.165) is 17.7 Å². The number of carbonyl (C=O) groups is 1. The molecule has 0 bridgehead atoms. The maximum absolute atomic E-state index is 11.7. The van der Waals surface area contributed by atoms with Gasteiger partial charge in [0.25, 0.3) is 0 Å². The molecule has 0 aliphatic heterocycles. The minimum Gasteiger partial charge on any atom is -0.326 e. The van der Waals surface area contributed by atoms with Gasteiger partial charge in [-0.15, -0.1) is 0 Å². The number of nitrogens with two attached hydrogens (primary N) is 1. The summed E-state index contributed by atoms with van der Waals surface area (Å²) in [6, 6.07) is 7.67. The van der Waals surface area contributed by atoms with Gasteiger partial charge in [0.05, 0.1) is 0 Å². The summed E-state index contributed by atoms with van der Waals surface area (Å²) in [7, 11) is 0. The highest BCUT2D eigenvalue weighted by atomic mass is 16.2. The Bertz CT molecular complexity index is 376. The molecule has 3 nitrogen and oxygen atoms in total. The molecule has 0 spiro atoms. The number of rotatable bonds is 3. The molecule has 2 rings (SSSR count). The van der Waals surface area contributed by atoms with Crippen molar-refractivity contribution in [3.63, 3.8) is 0 Å². The summed E-state index contributed by atoms with van der Waals surface area (Å²) in [6.45, 7) is 2.55. The van der Waals surface area contributed by atoms with E-state index in [4.69, 9.17) is 5.73 Å². The fourth-order valence-electron chi connectivity index (χ4n) is 1.73. The van der Waals surface area contributed by atoms with Crippen molar-refractivity contribution < 1.29 is 4.79 Å². The molecule has 1 fully saturated rings. The summed E-state index contributed by atoms with van der Waals surface area (Å²) < 4.78 is 0. The van der Waals surface area contributed by atoms with E-state index in [1.54, 1.807) is 0 Å². The van der Waals surface area contributed by atoms with E-state index in [0.29, 0.717) is 12.5 Å². The van der Waals surface area contributed by atoms with Crippen LogP contribution >= 0.6 is 0 Å². The maximum atomic E-state index is 11.7. The third-order valence-corrected chi connectivity index (χ3v) is 2.94. The molecule has 80 valence electrons. The van der Waals surface area contributed by atoms with Crippen LogP contribution in [0.5, 0.6) is 0 Å². The summed E-state index contributed by atoms with van der Waals surface area (Å²) in [5.74, 6) is 0.870. The fraction of sp³-hybridized carbons (Fsp3) is 0.417. The molecule has 15 heavy (non-hydrogen) atoms. The van der Waals surface area contributed by atoms with E-state index in [1.165, 1.54) is 0 Å². The highest BCUT2D eigenvalue weighted by Crippen LogP contribution is 2.38. The van der Waals surface area contributed by atoms with Crippen molar-refractivity contribution in [2.75, 3.05) is 5.32 Å². The van der Waals surface area contributed by atoms with Gasteiger partial charge in [-0.2, -0.15) is 0 Å². The van der Waals surface area contributed by atoms with Gasteiger partial charge >= 0.3 is 0 Å². The predicted octanol–water partition coefficient (Wildman–Crippen LogP) is 1.74. The SMILES string of the molecule is CC1CC1C(=O)Nc1ccccc1CN. The lowest BCUT2D eigenvalue weighted by atomic mass is 10.1. The number of amides is 1. The van der Waals surface area contributed by atoms with Crippen LogP contribution in [-0.4, -0.2) is 5.91 Å². The molecule has 3 N–H and O–H groups in total. The summed E-state index contributed by atoms with van der Waals surface area (Å²) >= 11 is 0. The van der Waals surface area contributed by atoms with Crippen molar-refractivity contribution in [1.82, 2.24) is 0 Å². The van der Waals surface area contributed by atoms with E-state index in [2.05, 4.69) is 12.2 Å². The summed E-state index contributed by atoms with van der Waals surface area (Å²) in [5, 5.41) is 2.93. The summed E-state index contributed by atoms with van der Waals surface area (Å²) in [6.07, 6.45) is 1.01. The van der Waals surface area contributed by atoms with Gasteiger partial charge in [0.1, 0.15) is 0 Å². The minimum atomic E-state index is 0.128. The van der Waals surface area contributed by atoms with Crippen LogP contribution in [0.4, 0.5) is 5.69 Å². The molecule has 1 amide bonds. The Hall–Kier alpha value is -1.35. The summed E-state index contributed by atoms with van der Waals surface area (Å²) in [4.78, 5) is 11.7. The Morgan fingerprint density at radius 2 is 2.20 bits per heavy atom. The van der Waals surface area contributed by atoms with E-state index in [-0.39, 0.29) is 11.8 Å². The van der Waals surface area contributed by atoms with Gasteiger partial charge in [-0.05, 0) is 24.0 Å². The molecule has 2 unspecified atom stereocenters. The van der Waals surface area contributed by atoms with Crippen molar-refractivity contribution >= 4 is 11.6 Å². The van der Waals surface area contributed by atoms with Gasteiger partial charge in [0.2, 0.25) is 5.91 Å². The number of hydrogen-bond acceptors (Lipinski definition) is 2. The lowest BCUT2D eigenvalue weighted by Gasteiger charge is -2.08. The molecule has 1 aliphatic carbocycles. The second-order valence-electron chi connectivity index (χ2n) is 4.17. The van der Waals surface area contributed by atoms with Crippen LogP contribution in [0.3, 0.4) is 0 Å². The lowest BCUT2D eigenvalue weighted by Crippen LogP contribution is -2.16. The second-order valence-corrected chi connectivity index (χ2v) is 4.17. The predicted molar refractivity (Wildman–Crippen MR) is 60.2 cm³/mol. The van der Waals surface area contributed by atoms with Crippen LogP contribution in [0.15, 0.2) is 24.3 Å². The molecular weight excluding hydrogens is 188 g/mol. The van der Waals surface area contributed by atoms with Crippen LogP contribution in [0.1, 0.15) is 18.9 Å². The minimum absolute atomic E-state index is 0.128. The van der Waals surface area contributed by atoms with E-state index in [9.17, 15) is 4.79 Å². The van der Waals surface area contributed by atoms with Crippen LogP contribution in [0, 0.1) is 11.8 Å². The largest absolute Gasteiger partial charge is 0.326 e. The topological polar surface area (TPSA) is 55.1 Å². The molecule has 1 aromatic rings. The molecule has 2 atom stereocenters. The zero-order chi connectivity index (χ0) is 10.8. The number of benzene rings is 1. The van der Waals surface area contributed by atoms with Crippen molar-refractivity contribution in [3.05, 3.63) is 29.8 Å². The van der Waals surface area contributed by atoms with E-state index >= 15 is 0 Å². The van der Waals surface area contributed by atoms with E-state index in [1.807, 2.05) is 24.3 Å². The first-order valence-electron chi connectivity index (χ1n) is 5.31. The van der Waals surface area contributed by atoms with Gasteiger partial charge in [0.15, 0.2) is 0 Å². The van der Waals surface area contributed by atoms with Gasteiger partial charge in [0, 0.05) is 18.2 Å². The molecule has 0 heterocycles. The molecule has 1 aromatic carbocycles. The highest BCUT2D eigenvalue weighted by Gasteiger charge is 2.39. The molecule has 1 aliphatic rings. The standard InChI is InChI=1S/C12H16N2O/c1-8-6-10(8)12(15)14-11-5-3-2-4-9(11)7-13/h2-5,8,10H,6-7,13H2,1H3,(H,14,15). The second kappa shape index (κ2) is 4.03. The number of carbonyl (C=O) groups excluding carboxylic acids is 1. The Kier molecular flexibility index (Phi) is 2.73. The Morgan fingerprint density at radius 3 is 2.80 bits per heavy atom. The maximum Gasteiger partial charge on any atom is 0.227 e. The van der Waals surface area contributed by atoms with Crippen LogP contribution in [0.2, 0.25) is 0 Å². The smallest absolute Gasteiger partial charge is 0.227 e. The first-order valence-corrected chi connectivity index (χ1v) is 5.31. The summed E-state index contributed by atoms with van der Waals surface area (Å²) in [5.41, 5.74) is 7.43. The first-order chi connectivity index (χ1) is 7.22. The normalized spacial score (nSPS) is 23.6. The molecule has 0 saturated heterocycles. The Labute approximate surface area is 89.7 Å². The van der Waals surface area contributed by atoms with Crippen molar-refractivity contribution in [2.24, 2.45) is 17.6 Å².